The van der Waals surface area contributed by atoms with E-state index >= 15 is 0 Å². The quantitative estimate of drug-likeness (QED) is 0.772. The van der Waals surface area contributed by atoms with Gasteiger partial charge < -0.3 is 15.3 Å². The number of likely N-dealkylation sites (N-methyl/N-ethyl adjacent to an activating group) is 1. The first-order chi connectivity index (χ1) is 13.6. The lowest BCUT2D eigenvalue weighted by molar-refractivity contribution is -0.130. The lowest BCUT2D eigenvalue weighted by Gasteiger charge is -2.32. The van der Waals surface area contributed by atoms with Gasteiger partial charge in [-0.05, 0) is 36.2 Å². The Bertz CT molecular complexity index is 817. The number of rotatable bonds is 7. The summed E-state index contributed by atoms with van der Waals surface area (Å²) in [4.78, 5) is 16.8. The molecule has 1 heterocycles. The maximum atomic E-state index is 12.8. The summed E-state index contributed by atoms with van der Waals surface area (Å²) >= 11 is 0. The first kappa shape index (κ1) is 19.9. The number of amides is 1. The van der Waals surface area contributed by atoms with E-state index in [-0.39, 0.29) is 24.6 Å². The highest BCUT2D eigenvalue weighted by Gasteiger charge is 2.27. The normalized spacial score (nSPS) is 17.7. The smallest absolute Gasteiger partial charge is 0.242 e. The van der Waals surface area contributed by atoms with Crippen molar-refractivity contribution in [2.45, 2.75) is 18.6 Å². The molecule has 1 aliphatic rings. The van der Waals surface area contributed by atoms with E-state index in [1.165, 1.54) is 0 Å². The Hall–Kier alpha value is -2.88. The third-order valence-electron chi connectivity index (χ3n) is 5.18. The van der Waals surface area contributed by atoms with Crippen LogP contribution in [0.4, 0.5) is 5.69 Å². The maximum Gasteiger partial charge on any atom is 0.242 e. The van der Waals surface area contributed by atoms with E-state index in [2.05, 4.69) is 16.3 Å². The summed E-state index contributed by atoms with van der Waals surface area (Å²) in [6.45, 7) is 2.36. The summed E-state index contributed by atoms with van der Waals surface area (Å²) < 4.78 is 0. The highest BCUT2D eigenvalue weighted by molar-refractivity contribution is 5.81. The number of carbonyl (C=O) groups is 1. The molecular formula is C22H26N4O2. The number of hydrogen-bond acceptors (Lipinski definition) is 5. The number of aliphatic hydroxyl groups is 1. The van der Waals surface area contributed by atoms with Gasteiger partial charge in [0.1, 0.15) is 0 Å². The molecule has 6 heteroatoms. The SMILES string of the molecule is CN(C(=O)CNc1ccc(C#N)cc1)[C@H](CN1CCC(O)C1)c1ccccc1. The fourth-order valence-electron chi connectivity index (χ4n) is 3.49. The van der Waals surface area contributed by atoms with Crippen molar-refractivity contribution in [1.82, 2.24) is 9.80 Å². The predicted molar refractivity (Wildman–Crippen MR) is 109 cm³/mol. The molecule has 28 heavy (non-hydrogen) atoms. The van der Waals surface area contributed by atoms with Crippen LogP contribution in [0.25, 0.3) is 0 Å². The number of nitriles is 1. The minimum absolute atomic E-state index is 0.0158. The Morgan fingerprint density at radius 3 is 2.61 bits per heavy atom. The predicted octanol–water partition coefficient (Wildman–Crippen LogP) is 2.24. The highest BCUT2D eigenvalue weighted by Crippen LogP contribution is 2.23. The van der Waals surface area contributed by atoms with E-state index in [4.69, 9.17) is 5.26 Å². The van der Waals surface area contributed by atoms with Crippen molar-refractivity contribution in [2.75, 3.05) is 38.5 Å². The van der Waals surface area contributed by atoms with Crippen LogP contribution in [0.2, 0.25) is 0 Å². The Morgan fingerprint density at radius 2 is 2.00 bits per heavy atom. The molecule has 0 bridgehead atoms. The van der Waals surface area contributed by atoms with Crippen molar-refractivity contribution in [3.8, 4) is 6.07 Å². The topological polar surface area (TPSA) is 79.6 Å². The standard InChI is InChI=1S/C22H26N4O2/c1-25(22(28)14-24-19-9-7-17(13-23)8-10-19)21(18-5-3-2-4-6-18)16-26-12-11-20(27)15-26/h2-10,20-21,24,27H,11-12,14-16H2,1H3/t20?,21-/m1/s1. The Balaban J connectivity index is 1.66. The molecule has 1 fully saturated rings. The molecule has 2 N–H and O–H groups in total. The summed E-state index contributed by atoms with van der Waals surface area (Å²) in [6, 6.07) is 19.0. The van der Waals surface area contributed by atoms with E-state index < -0.39 is 0 Å². The van der Waals surface area contributed by atoms with Crippen LogP contribution >= 0.6 is 0 Å². The highest BCUT2D eigenvalue weighted by atomic mass is 16.3. The zero-order valence-corrected chi connectivity index (χ0v) is 16.1. The van der Waals surface area contributed by atoms with Gasteiger partial charge in [0.2, 0.25) is 5.91 Å². The molecule has 0 radical (unpaired) electrons. The summed E-state index contributed by atoms with van der Waals surface area (Å²) in [5.41, 5.74) is 2.48. The molecule has 2 aromatic carbocycles. The Labute approximate surface area is 166 Å². The van der Waals surface area contributed by atoms with E-state index in [1.54, 1.807) is 29.2 Å². The van der Waals surface area contributed by atoms with Crippen molar-refractivity contribution >= 4 is 11.6 Å². The van der Waals surface area contributed by atoms with Gasteiger partial charge in [-0.25, -0.2) is 0 Å². The number of likely N-dealkylation sites (tertiary alicyclic amines) is 1. The first-order valence-electron chi connectivity index (χ1n) is 9.52. The number of aliphatic hydroxyl groups excluding tert-OH is 1. The molecule has 146 valence electrons. The first-order valence-corrected chi connectivity index (χ1v) is 9.52. The second kappa shape index (κ2) is 9.36. The molecule has 3 rings (SSSR count). The average Bonchev–Trinajstić information content (AvgIpc) is 3.15. The lowest BCUT2D eigenvalue weighted by atomic mass is 10.0. The van der Waals surface area contributed by atoms with Crippen molar-refractivity contribution in [2.24, 2.45) is 0 Å². The van der Waals surface area contributed by atoms with E-state index in [1.807, 2.05) is 37.4 Å². The average molecular weight is 378 g/mol. The van der Waals surface area contributed by atoms with Gasteiger partial charge in [0.25, 0.3) is 0 Å². The minimum Gasteiger partial charge on any atom is -0.392 e. The molecule has 2 atom stereocenters. The van der Waals surface area contributed by atoms with Gasteiger partial charge in [0.15, 0.2) is 0 Å². The largest absolute Gasteiger partial charge is 0.392 e. The van der Waals surface area contributed by atoms with Crippen molar-refractivity contribution < 1.29 is 9.90 Å². The van der Waals surface area contributed by atoms with Crippen LogP contribution in [-0.2, 0) is 4.79 Å². The molecule has 0 aliphatic carbocycles. The van der Waals surface area contributed by atoms with Gasteiger partial charge in [0.05, 0.1) is 30.3 Å². The number of anilines is 1. The van der Waals surface area contributed by atoms with Crippen molar-refractivity contribution in [3.63, 3.8) is 0 Å². The minimum atomic E-state index is -0.282. The summed E-state index contributed by atoms with van der Waals surface area (Å²) in [5, 5.41) is 21.8. The van der Waals surface area contributed by atoms with Crippen molar-refractivity contribution in [1.29, 1.82) is 5.26 Å². The van der Waals surface area contributed by atoms with E-state index in [9.17, 15) is 9.90 Å². The van der Waals surface area contributed by atoms with Crippen LogP contribution in [0, 0.1) is 11.3 Å². The van der Waals surface area contributed by atoms with E-state index in [0.29, 0.717) is 18.7 Å². The molecule has 0 spiro atoms. The van der Waals surface area contributed by atoms with Crippen LogP contribution in [0.15, 0.2) is 54.6 Å². The van der Waals surface area contributed by atoms with Crippen LogP contribution in [0.3, 0.4) is 0 Å². The third kappa shape index (κ3) is 5.10. The Morgan fingerprint density at radius 1 is 1.29 bits per heavy atom. The maximum absolute atomic E-state index is 12.8. The molecule has 2 aromatic rings. The molecule has 1 unspecified atom stereocenters. The summed E-state index contributed by atoms with van der Waals surface area (Å²) in [7, 11) is 1.83. The molecular weight excluding hydrogens is 352 g/mol. The van der Waals surface area contributed by atoms with Gasteiger partial charge in [0, 0.05) is 32.4 Å². The molecule has 1 aliphatic heterocycles. The second-order valence-electron chi connectivity index (χ2n) is 7.18. The number of hydrogen-bond donors (Lipinski definition) is 2. The molecule has 1 amide bonds. The fourth-order valence-corrected chi connectivity index (χ4v) is 3.49. The number of β-amino-alcohol motifs (C(OH)–C–C–N with tert-alkyl or cyclic N) is 1. The number of nitrogens with one attached hydrogen (secondary N) is 1. The third-order valence-corrected chi connectivity index (χ3v) is 5.18. The van der Waals surface area contributed by atoms with E-state index in [0.717, 1.165) is 24.2 Å². The molecule has 0 saturated carbocycles. The summed E-state index contributed by atoms with van der Waals surface area (Å²) in [5.74, 6) is -0.0158. The van der Waals surface area contributed by atoms with Crippen molar-refractivity contribution in [3.05, 3.63) is 65.7 Å². The van der Waals surface area contributed by atoms with Crippen LogP contribution in [0.1, 0.15) is 23.6 Å². The fraction of sp³-hybridized carbons (Fsp3) is 0.364. The van der Waals surface area contributed by atoms with Crippen LogP contribution < -0.4 is 5.32 Å². The molecule has 6 nitrogen and oxygen atoms in total. The number of nitrogens with zero attached hydrogens (tertiary/aromatic N) is 3. The van der Waals surface area contributed by atoms with Crippen LogP contribution in [-0.4, -0.2) is 60.1 Å². The van der Waals surface area contributed by atoms with Crippen LogP contribution in [0.5, 0.6) is 0 Å². The molecule has 1 saturated heterocycles. The zero-order chi connectivity index (χ0) is 19.9. The molecule has 0 aromatic heterocycles. The number of carbonyl (C=O) groups excluding carboxylic acids is 1. The van der Waals surface area contributed by atoms with Gasteiger partial charge in [-0.1, -0.05) is 30.3 Å². The van der Waals surface area contributed by atoms with Gasteiger partial charge in [-0.2, -0.15) is 5.26 Å². The second-order valence-corrected chi connectivity index (χ2v) is 7.18. The number of benzene rings is 2. The lowest BCUT2D eigenvalue weighted by Crippen LogP contribution is -2.41. The van der Waals surface area contributed by atoms with Gasteiger partial charge in [-0.15, -0.1) is 0 Å². The monoisotopic (exact) mass is 378 g/mol. The Kier molecular flexibility index (Phi) is 6.64. The zero-order valence-electron chi connectivity index (χ0n) is 16.1. The van der Waals surface area contributed by atoms with Gasteiger partial charge in [-0.3, -0.25) is 9.69 Å². The van der Waals surface area contributed by atoms with Gasteiger partial charge >= 0.3 is 0 Å². The summed E-state index contributed by atoms with van der Waals surface area (Å²) in [6.07, 6.45) is 0.495.